The third-order valence-corrected chi connectivity index (χ3v) is 4.44. The van der Waals surface area contributed by atoms with Crippen LogP contribution in [0.15, 0.2) is 52.0 Å². The van der Waals surface area contributed by atoms with Crippen molar-refractivity contribution < 1.29 is 27.2 Å². The maximum Gasteiger partial charge on any atom is 0.306 e. The molecule has 140 valence electrons. The summed E-state index contributed by atoms with van der Waals surface area (Å²) in [5.74, 6) is -0.201. The van der Waals surface area contributed by atoms with Gasteiger partial charge in [-0.15, -0.1) is 0 Å². The molecule has 26 heavy (non-hydrogen) atoms. The second-order valence-electron chi connectivity index (χ2n) is 5.53. The maximum absolute atomic E-state index is 11.7. The van der Waals surface area contributed by atoms with Gasteiger partial charge in [-0.2, -0.15) is 0 Å². The van der Waals surface area contributed by atoms with Crippen molar-refractivity contribution in [1.29, 1.82) is 0 Å². The molecule has 1 heterocycles. The van der Waals surface area contributed by atoms with Crippen molar-refractivity contribution in [3.05, 3.63) is 54.0 Å². The first-order valence-corrected chi connectivity index (χ1v) is 9.45. The molecule has 2 rings (SSSR count). The first-order valence-electron chi connectivity index (χ1n) is 7.91. The Kier molecular flexibility index (Phi) is 6.93. The minimum absolute atomic E-state index is 0.0340. The van der Waals surface area contributed by atoms with Gasteiger partial charge >= 0.3 is 5.97 Å². The normalized spacial score (nSPS) is 11.1. The van der Waals surface area contributed by atoms with E-state index < -0.39 is 21.9 Å². The molecule has 0 radical (unpaired) electrons. The van der Waals surface area contributed by atoms with Gasteiger partial charge in [0.25, 0.3) is 5.91 Å². The fourth-order valence-corrected chi connectivity index (χ4v) is 2.66. The summed E-state index contributed by atoms with van der Waals surface area (Å²) < 4.78 is 32.3. The molecule has 8 nitrogen and oxygen atoms in total. The van der Waals surface area contributed by atoms with Crippen molar-refractivity contribution >= 4 is 21.9 Å². The van der Waals surface area contributed by atoms with Crippen molar-refractivity contribution in [2.24, 2.45) is 5.14 Å². The Morgan fingerprint density at radius 1 is 1.12 bits per heavy atom. The Labute approximate surface area is 151 Å². The number of amides is 1. The molecule has 0 aliphatic rings. The molecular weight excluding hydrogens is 360 g/mol. The predicted octanol–water partition coefficient (Wildman–Crippen LogP) is 0.762. The second-order valence-corrected chi connectivity index (χ2v) is 7.09. The quantitative estimate of drug-likeness (QED) is 0.618. The van der Waals surface area contributed by atoms with Crippen LogP contribution in [-0.4, -0.2) is 33.4 Å². The minimum atomic E-state index is -3.71. The molecule has 3 N–H and O–H groups in total. The number of aryl methyl sites for hydroxylation is 1. The van der Waals surface area contributed by atoms with Gasteiger partial charge in [-0.1, -0.05) is 12.1 Å². The summed E-state index contributed by atoms with van der Waals surface area (Å²) in [6, 6.07) is 9.56. The summed E-state index contributed by atoms with van der Waals surface area (Å²) in [6.45, 7) is -0.0150. The zero-order valence-corrected chi connectivity index (χ0v) is 14.8. The van der Waals surface area contributed by atoms with E-state index in [1.54, 1.807) is 24.3 Å². The molecule has 0 bridgehead atoms. The highest BCUT2D eigenvalue weighted by molar-refractivity contribution is 7.89. The van der Waals surface area contributed by atoms with Crippen LogP contribution in [0.1, 0.15) is 17.7 Å². The Bertz CT molecular complexity index is 829. The number of hydrogen-bond donors (Lipinski definition) is 2. The van der Waals surface area contributed by atoms with Gasteiger partial charge in [0.1, 0.15) is 5.76 Å². The summed E-state index contributed by atoms with van der Waals surface area (Å²) in [7, 11) is -3.71. The summed E-state index contributed by atoms with van der Waals surface area (Å²) in [6.07, 6.45) is 2.58. The largest absolute Gasteiger partial charge is 0.469 e. The van der Waals surface area contributed by atoms with Gasteiger partial charge in [0, 0.05) is 13.0 Å². The molecule has 1 aromatic heterocycles. The van der Waals surface area contributed by atoms with Gasteiger partial charge in [-0.25, -0.2) is 13.6 Å². The van der Waals surface area contributed by atoms with Gasteiger partial charge in [0.2, 0.25) is 10.0 Å². The molecule has 0 spiro atoms. The number of hydrogen-bond acceptors (Lipinski definition) is 6. The van der Waals surface area contributed by atoms with Crippen LogP contribution in [0.4, 0.5) is 0 Å². The topological polar surface area (TPSA) is 129 Å². The number of ether oxygens (including phenoxy) is 1. The number of esters is 1. The lowest BCUT2D eigenvalue weighted by Crippen LogP contribution is -2.30. The van der Waals surface area contributed by atoms with E-state index in [0.29, 0.717) is 25.1 Å². The summed E-state index contributed by atoms with van der Waals surface area (Å²) >= 11 is 0. The first-order chi connectivity index (χ1) is 12.3. The Balaban J connectivity index is 1.63. The Morgan fingerprint density at radius 3 is 2.46 bits per heavy atom. The van der Waals surface area contributed by atoms with E-state index in [2.05, 4.69) is 5.32 Å². The standard InChI is InChI=1S/C17H20N2O6S/c18-26(22,23)15-6-3-13(4-7-15)9-10-19-16(20)12-25-17(21)8-5-14-2-1-11-24-14/h1-4,6-7,11H,5,8-10,12H2,(H,19,20)(H2,18,22,23). The van der Waals surface area contributed by atoms with E-state index in [9.17, 15) is 18.0 Å². The highest BCUT2D eigenvalue weighted by Gasteiger charge is 2.09. The molecule has 0 fully saturated rings. The number of rotatable bonds is 9. The van der Waals surface area contributed by atoms with Crippen LogP contribution in [-0.2, 0) is 37.2 Å². The molecule has 0 aliphatic heterocycles. The molecule has 1 amide bonds. The zero-order valence-electron chi connectivity index (χ0n) is 14.0. The Morgan fingerprint density at radius 2 is 1.85 bits per heavy atom. The zero-order chi connectivity index (χ0) is 19.0. The monoisotopic (exact) mass is 380 g/mol. The fraction of sp³-hybridized carbons (Fsp3) is 0.294. The third-order valence-electron chi connectivity index (χ3n) is 3.51. The van der Waals surface area contributed by atoms with Crippen molar-refractivity contribution in [3.63, 3.8) is 0 Å². The van der Waals surface area contributed by atoms with Crippen LogP contribution in [0.2, 0.25) is 0 Å². The molecule has 0 aliphatic carbocycles. The van der Waals surface area contributed by atoms with Crippen molar-refractivity contribution in [3.8, 4) is 0 Å². The van der Waals surface area contributed by atoms with E-state index in [1.807, 2.05) is 0 Å². The average Bonchev–Trinajstić information content (AvgIpc) is 3.11. The fourth-order valence-electron chi connectivity index (χ4n) is 2.14. The van der Waals surface area contributed by atoms with Gasteiger partial charge in [0.15, 0.2) is 6.61 Å². The lowest BCUT2D eigenvalue weighted by atomic mass is 10.1. The smallest absolute Gasteiger partial charge is 0.306 e. The van der Waals surface area contributed by atoms with Crippen LogP contribution in [0.25, 0.3) is 0 Å². The van der Waals surface area contributed by atoms with Gasteiger partial charge < -0.3 is 14.5 Å². The van der Waals surface area contributed by atoms with E-state index in [4.69, 9.17) is 14.3 Å². The van der Waals surface area contributed by atoms with Crippen LogP contribution in [0.3, 0.4) is 0 Å². The van der Waals surface area contributed by atoms with Crippen LogP contribution in [0, 0.1) is 0 Å². The van der Waals surface area contributed by atoms with Gasteiger partial charge in [-0.3, -0.25) is 9.59 Å². The van der Waals surface area contributed by atoms with E-state index in [0.717, 1.165) is 5.56 Å². The average molecular weight is 380 g/mol. The van der Waals surface area contributed by atoms with Crippen molar-refractivity contribution in [2.45, 2.75) is 24.2 Å². The van der Waals surface area contributed by atoms with Gasteiger partial charge in [-0.05, 0) is 36.2 Å². The number of primary sulfonamides is 1. The highest BCUT2D eigenvalue weighted by Crippen LogP contribution is 2.09. The number of furan rings is 1. The Hall–Kier alpha value is -2.65. The maximum atomic E-state index is 11.7. The lowest BCUT2D eigenvalue weighted by molar-refractivity contribution is -0.148. The van der Waals surface area contributed by atoms with E-state index in [-0.39, 0.29) is 17.9 Å². The van der Waals surface area contributed by atoms with E-state index in [1.165, 1.54) is 18.4 Å². The minimum Gasteiger partial charge on any atom is -0.469 e. The summed E-state index contributed by atoms with van der Waals surface area (Å²) in [5, 5.41) is 7.65. The van der Waals surface area contributed by atoms with Crippen LogP contribution in [0.5, 0.6) is 0 Å². The molecule has 2 aromatic rings. The second kappa shape index (κ2) is 9.16. The number of sulfonamides is 1. The first kappa shape index (κ1) is 19.7. The molecule has 0 saturated heterocycles. The molecular formula is C17H20N2O6S. The molecule has 0 atom stereocenters. The van der Waals surface area contributed by atoms with Gasteiger partial charge in [0.05, 0.1) is 17.6 Å². The number of carbonyl (C=O) groups excluding carboxylic acids is 2. The molecule has 0 unspecified atom stereocenters. The molecule has 0 saturated carbocycles. The predicted molar refractivity (Wildman–Crippen MR) is 92.5 cm³/mol. The number of carbonyl (C=O) groups is 2. The van der Waals surface area contributed by atoms with Crippen molar-refractivity contribution in [2.75, 3.05) is 13.2 Å². The number of benzene rings is 1. The van der Waals surface area contributed by atoms with Crippen molar-refractivity contribution in [1.82, 2.24) is 5.32 Å². The summed E-state index contributed by atoms with van der Waals surface area (Å²) in [4.78, 5) is 23.2. The van der Waals surface area contributed by atoms with E-state index >= 15 is 0 Å². The number of nitrogens with one attached hydrogen (secondary N) is 1. The lowest BCUT2D eigenvalue weighted by Gasteiger charge is -2.07. The van der Waals surface area contributed by atoms with Crippen LogP contribution < -0.4 is 10.5 Å². The SMILES string of the molecule is NS(=O)(=O)c1ccc(CCNC(=O)COC(=O)CCc2ccco2)cc1. The third kappa shape index (κ3) is 6.69. The highest BCUT2D eigenvalue weighted by atomic mass is 32.2. The summed E-state index contributed by atoms with van der Waals surface area (Å²) in [5.41, 5.74) is 0.841. The number of nitrogens with two attached hydrogens (primary N) is 1. The molecule has 9 heteroatoms. The van der Waals surface area contributed by atoms with Crippen LogP contribution >= 0.6 is 0 Å². The molecule has 1 aromatic carbocycles.